The number of nitrogens with zero attached hydrogens (tertiary/aromatic N) is 2. The van der Waals surface area contributed by atoms with Crippen molar-refractivity contribution in [1.29, 1.82) is 0 Å². The molecule has 0 aromatic carbocycles. The van der Waals surface area contributed by atoms with E-state index in [1.807, 2.05) is 11.6 Å². The van der Waals surface area contributed by atoms with E-state index < -0.39 is 0 Å². The minimum absolute atomic E-state index is 0.238. The standard InChI is InChI=1S/C12H24N4/c1-6-7-16-11(10(13)9(2)15-16)14-8-12(3,4)5/h14H,6-8,13H2,1-5H3. The highest BCUT2D eigenvalue weighted by Gasteiger charge is 2.15. The Labute approximate surface area is 98.2 Å². The van der Waals surface area contributed by atoms with E-state index in [4.69, 9.17) is 5.73 Å². The smallest absolute Gasteiger partial charge is 0.148 e. The SMILES string of the molecule is CCCn1nc(C)c(N)c1NCC(C)(C)C. The molecule has 0 aliphatic heterocycles. The lowest BCUT2D eigenvalue weighted by Crippen LogP contribution is -2.21. The average Bonchev–Trinajstić information content (AvgIpc) is 2.40. The predicted octanol–water partition coefficient (Wildman–Crippen LogP) is 2.64. The van der Waals surface area contributed by atoms with Crippen molar-refractivity contribution in [2.75, 3.05) is 17.6 Å². The van der Waals surface area contributed by atoms with Crippen LogP contribution in [-0.4, -0.2) is 16.3 Å². The molecule has 4 heteroatoms. The van der Waals surface area contributed by atoms with Gasteiger partial charge in [0.2, 0.25) is 0 Å². The van der Waals surface area contributed by atoms with Crippen molar-refractivity contribution in [3.8, 4) is 0 Å². The van der Waals surface area contributed by atoms with E-state index in [1.54, 1.807) is 0 Å². The van der Waals surface area contributed by atoms with E-state index in [-0.39, 0.29) is 5.41 Å². The van der Waals surface area contributed by atoms with Crippen LogP contribution < -0.4 is 11.1 Å². The summed E-state index contributed by atoms with van der Waals surface area (Å²) in [6.45, 7) is 12.5. The molecule has 0 amide bonds. The first-order valence-electron chi connectivity index (χ1n) is 5.92. The summed E-state index contributed by atoms with van der Waals surface area (Å²) in [6.07, 6.45) is 1.06. The highest BCUT2D eigenvalue weighted by Crippen LogP contribution is 2.24. The molecule has 4 nitrogen and oxygen atoms in total. The van der Waals surface area contributed by atoms with Crippen LogP contribution in [0.2, 0.25) is 0 Å². The fourth-order valence-corrected chi connectivity index (χ4v) is 1.50. The Kier molecular flexibility index (Phi) is 3.83. The lowest BCUT2D eigenvalue weighted by atomic mass is 9.97. The molecule has 0 unspecified atom stereocenters. The van der Waals surface area contributed by atoms with Crippen LogP contribution in [-0.2, 0) is 6.54 Å². The molecule has 0 saturated heterocycles. The van der Waals surface area contributed by atoms with Gasteiger partial charge in [0.25, 0.3) is 0 Å². The van der Waals surface area contributed by atoms with Gasteiger partial charge in [0.05, 0.1) is 11.4 Å². The molecule has 0 bridgehead atoms. The summed E-state index contributed by atoms with van der Waals surface area (Å²) in [4.78, 5) is 0. The fourth-order valence-electron chi connectivity index (χ4n) is 1.50. The van der Waals surface area contributed by atoms with E-state index in [0.717, 1.165) is 36.7 Å². The quantitative estimate of drug-likeness (QED) is 0.826. The molecule has 0 radical (unpaired) electrons. The molecule has 16 heavy (non-hydrogen) atoms. The van der Waals surface area contributed by atoms with Crippen molar-refractivity contribution in [3.05, 3.63) is 5.69 Å². The van der Waals surface area contributed by atoms with E-state index in [9.17, 15) is 0 Å². The molecular formula is C12H24N4. The minimum atomic E-state index is 0.238. The van der Waals surface area contributed by atoms with Crippen molar-refractivity contribution >= 4 is 11.5 Å². The van der Waals surface area contributed by atoms with E-state index in [0.29, 0.717) is 0 Å². The Bertz CT molecular complexity index is 347. The van der Waals surface area contributed by atoms with E-state index in [1.165, 1.54) is 0 Å². The largest absolute Gasteiger partial charge is 0.394 e. The van der Waals surface area contributed by atoms with Gasteiger partial charge < -0.3 is 11.1 Å². The first-order valence-corrected chi connectivity index (χ1v) is 5.92. The Hall–Kier alpha value is -1.19. The second kappa shape index (κ2) is 4.76. The number of hydrogen-bond acceptors (Lipinski definition) is 3. The molecule has 0 saturated carbocycles. The van der Waals surface area contributed by atoms with Crippen LogP contribution in [0.15, 0.2) is 0 Å². The number of nitrogens with one attached hydrogen (secondary N) is 1. The van der Waals surface area contributed by atoms with Crippen LogP contribution in [0.3, 0.4) is 0 Å². The summed E-state index contributed by atoms with van der Waals surface area (Å²) in [5.74, 6) is 0.967. The highest BCUT2D eigenvalue weighted by molar-refractivity contribution is 5.64. The van der Waals surface area contributed by atoms with Crippen LogP contribution in [0.1, 0.15) is 39.8 Å². The third-order valence-corrected chi connectivity index (χ3v) is 2.40. The van der Waals surface area contributed by atoms with Gasteiger partial charge in [-0.2, -0.15) is 5.10 Å². The van der Waals surface area contributed by atoms with Crippen LogP contribution in [0.25, 0.3) is 0 Å². The highest BCUT2D eigenvalue weighted by atomic mass is 15.3. The molecule has 1 rings (SSSR count). The number of aromatic nitrogens is 2. The van der Waals surface area contributed by atoms with Crippen LogP contribution in [0.5, 0.6) is 0 Å². The maximum absolute atomic E-state index is 6.02. The third kappa shape index (κ3) is 3.15. The van der Waals surface area contributed by atoms with Gasteiger partial charge >= 0.3 is 0 Å². The Morgan fingerprint density at radius 2 is 2.00 bits per heavy atom. The van der Waals surface area contributed by atoms with Gasteiger partial charge in [-0.1, -0.05) is 27.7 Å². The zero-order valence-corrected chi connectivity index (χ0v) is 11.1. The summed E-state index contributed by atoms with van der Waals surface area (Å²) in [5.41, 5.74) is 7.94. The molecule has 0 fully saturated rings. The summed E-state index contributed by atoms with van der Waals surface area (Å²) in [7, 11) is 0. The van der Waals surface area contributed by atoms with Gasteiger partial charge in [-0.25, -0.2) is 4.68 Å². The van der Waals surface area contributed by atoms with E-state index in [2.05, 4.69) is 38.1 Å². The van der Waals surface area contributed by atoms with Crippen molar-refractivity contribution in [2.45, 2.75) is 47.6 Å². The lowest BCUT2D eigenvalue weighted by molar-refractivity contribution is 0.440. The van der Waals surface area contributed by atoms with Crippen LogP contribution in [0, 0.1) is 12.3 Å². The predicted molar refractivity (Wildman–Crippen MR) is 69.6 cm³/mol. The van der Waals surface area contributed by atoms with Crippen molar-refractivity contribution in [3.63, 3.8) is 0 Å². The van der Waals surface area contributed by atoms with Gasteiger partial charge in [0.15, 0.2) is 0 Å². The van der Waals surface area contributed by atoms with Crippen LogP contribution >= 0.6 is 0 Å². The third-order valence-electron chi connectivity index (χ3n) is 2.40. The second-order valence-corrected chi connectivity index (χ2v) is 5.49. The normalized spacial score (nSPS) is 11.8. The molecule has 1 heterocycles. The molecule has 1 aromatic heterocycles. The molecule has 92 valence electrons. The number of anilines is 2. The lowest BCUT2D eigenvalue weighted by Gasteiger charge is -2.20. The second-order valence-electron chi connectivity index (χ2n) is 5.49. The molecular weight excluding hydrogens is 200 g/mol. The summed E-state index contributed by atoms with van der Waals surface area (Å²) in [6, 6.07) is 0. The fraction of sp³-hybridized carbons (Fsp3) is 0.750. The van der Waals surface area contributed by atoms with Gasteiger partial charge in [0.1, 0.15) is 5.82 Å². The van der Waals surface area contributed by atoms with Crippen LogP contribution in [0.4, 0.5) is 11.5 Å². The monoisotopic (exact) mass is 224 g/mol. The van der Waals surface area contributed by atoms with Crippen molar-refractivity contribution in [1.82, 2.24) is 9.78 Å². The molecule has 0 aliphatic rings. The van der Waals surface area contributed by atoms with Gasteiger partial charge in [-0.05, 0) is 18.8 Å². The average molecular weight is 224 g/mol. The number of nitrogen functional groups attached to an aromatic ring is 1. The maximum Gasteiger partial charge on any atom is 0.148 e. The zero-order valence-electron chi connectivity index (χ0n) is 11.1. The number of aryl methyl sites for hydroxylation is 2. The number of nitrogens with two attached hydrogens (primary N) is 1. The molecule has 0 spiro atoms. The first kappa shape index (κ1) is 12.9. The van der Waals surface area contributed by atoms with E-state index >= 15 is 0 Å². The zero-order chi connectivity index (χ0) is 12.3. The van der Waals surface area contributed by atoms with Gasteiger partial charge in [0, 0.05) is 13.1 Å². The Morgan fingerprint density at radius 1 is 1.38 bits per heavy atom. The Morgan fingerprint density at radius 3 is 2.50 bits per heavy atom. The number of rotatable bonds is 4. The maximum atomic E-state index is 6.02. The van der Waals surface area contributed by atoms with Gasteiger partial charge in [-0.3, -0.25) is 0 Å². The van der Waals surface area contributed by atoms with Gasteiger partial charge in [-0.15, -0.1) is 0 Å². The topological polar surface area (TPSA) is 55.9 Å². The van der Waals surface area contributed by atoms with Crippen molar-refractivity contribution in [2.24, 2.45) is 5.41 Å². The Balaban J connectivity index is 2.84. The molecule has 3 N–H and O–H groups in total. The molecule has 0 atom stereocenters. The summed E-state index contributed by atoms with van der Waals surface area (Å²) >= 11 is 0. The molecule has 1 aromatic rings. The first-order chi connectivity index (χ1) is 7.35. The summed E-state index contributed by atoms with van der Waals surface area (Å²) in [5, 5.41) is 7.83. The summed E-state index contributed by atoms with van der Waals surface area (Å²) < 4.78 is 1.97. The minimum Gasteiger partial charge on any atom is -0.394 e. The molecule has 0 aliphatic carbocycles. The van der Waals surface area contributed by atoms with Crippen molar-refractivity contribution < 1.29 is 0 Å². The number of hydrogen-bond donors (Lipinski definition) is 2.